The quantitative estimate of drug-likeness (QED) is 0.847. The first-order chi connectivity index (χ1) is 8.25. The van der Waals surface area contributed by atoms with Gasteiger partial charge in [0.25, 0.3) is 0 Å². The minimum absolute atomic E-state index is 0.221. The fraction of sp³-hybridized carbons (Fsp3) is 0.571. The number of hydrogen-bond acceptors (Lipinski definition) is 2. The van der Waals surface area contributed by atoms with Gasteiger partial charge in [0.1, 0.15) is 11.6 Å². The summed E-state index contributed by atoms with van der Waals surface area (Å²) >= 11 is 0. The summed E-state index contributed by atoms with van der Waals surface area (Å²) in [6.45, 7) is 2.20. The van der Waals surface area contributed by atoms with E-state index in [4.69, 9.17) is 0 Å². The molecule has 0 spiro atoms. The summed E-state index contributed by atoms with van der Waals surface area (Å²) in [5.74, 6) is 0.658. The van der Waals surface area contributed by atoms with E-state index in [0.717, 1.165) is 31.5 Å². The number of phenols is 1. The molecular weight excluding hydrogens is 217 g/mol. The minimum atomic E-state index is -0.264. The first-order valence-corrected chi connectivity index (χ1v) is 6.44. The Bertz CT molecular complexity index is 359. The highest BCUT2D eigenvalue weighted by Gasteiger charge is 2.13. The van der Waals surface area contributed by atoms with Crippen molar-refractivity contribution in [3.8, 4) is 5.75 Å². The Balaban J connectivity index is 1.89. The molecule has 1 aromatic carbocycles. The molecule has 1 atom stereocenters. The lowest BCUT2D eigenvalue weighted by molar-refractivity contribution is 0.426. The molecule has 0 saturated carbocycles. The number of nitrogens with one attached hydrogen (secondary N) is 1. The Morgan fingerprint density at radius 3 is 3.06 bits per heavy atom. The van der Waals surface area contributed by atoms with E-state index in [9.17, 15) is 9.50 Å². The number of aromatic hydroxyl groups is 1. The van der Waals surface area contributed by atoms with Crippen molar-refractivity contribution in [1.82, 2.24) is 5.32 Å². The maximum absolute atomic E-state index is 13.1. The van der Waals surface area contributed by atoms with Gasteiger partial charge in [-0.15, -0.1) is 0 Å². The van der Waals surface area contributed by atoms with Crippen LogP contribution in [0.1, 0.15) is 31.2 Å². The van der Waals surface area contributed by atoms with Crippen LogP contribution in [0.3, 0.4) is 0 Å². The predicted octanol–water partition coefficient (Wildman–Crippen LogP) is 2.85. The summed E-state index contributed by atoms with van der Waals surface area (Å²) in [5, 5.41) is 13.0. The summed E-state index contributed by atoms with van der Waals surface area (Å²) in [7, 11) is 0. The largest absolute Gasteiger partial charge is 0.508 e. The Kier molecular flexibility index (Phi) is 4.37. The van der Waals surface area contributed by atoms with Gasteiger partial charge in [-0.3, -0.25) is 0 Å². The molecular formula is C14H20FNO. The van der Waals surface area contributed by atoms with Crippen LogP contribution in [0.4, 0.5) is 4.39 Å². The highest BCUT2D eigenvalue weighted by molar-refractivity contribution is 5.32. The summed E-state index contributed by atoms with van der Waals surface area (Å²) in [6.07, 6.45) is 5.46. The molecule has 0 radical (unpaired) electrons. The normalized spacial score (nSPS) is 21.1. The molecule has 0 aromatic heterocycles. The molecule has 0 amide bonds. The van der Waals surface area contributed by atoms with Crippen molar-refractivity contribution < 1.29 is 9.50 Å². The van der Waals surface area contributed by atoms with Crippen molar-refractivity contribution in [2.75, 3.05) is 13.1 Å². The fourth-order valence-corrected chi connectivity index (χ4v) is 2.49. The predicted molar refractivity (Wildman–Crippen MR) is 66.6 cm³/mol. The minimum Gasteiger partial charge on any atom is -0.508 e. The summed E-state index contributed by atoms with van der Waals surface area (Å²) in [5.41, 5.74) is 0.738. The second-order valence-corrected chi connectivity index (χ2v) is 4.86. The zero-order chi connectivity index (χ0) is 12.1. The van der Waals surface area contributed by atoms with Crippen molar-refractivity contribution in [2.24, 2.45) is 5.92 Å². The van der Waals surface area contributed by atoms with Gasteiger partial charge in [-0.1, -0.05) is 0 Å². The van der Waals surface area contributed by atoms with Gasteiger partial charge in [0.15, 0.2) is 0 Å². The van der Waals surface area contributed by atoms with E-state index in [1.165, 1.54) is 37.5 Å². The molecule has 2 N–H and O–H groups in total. The zero-order valence-corrected chi connectivity index (χ0v) is 10.1. The van der Waals surface area contributed by atoms with Crippen LogP contribution in [-0.2, 0) is 6.42 Å². The smallest absolute Gasteiger partial charge is 0.123 e. The molecule has 3 heteroatoms. The Labute approximate surface area is 102 Å². The second kappa shape index (κ2) is 6.01. The number of aryl methyl sites for hydroxylation is 1. The Morgan fingerprint density at radius 2 is 2.18 bits per heavy atom. The van der Waals surface area contributed by atoms with Crippen molar-refractivity contribution in [2.45, 2.75) is 32.1 Å². The van der Waals surface area contributed by atoms with Gasteiger partial charge in [0, 0.05) is 0 Å². The van der Waals surface area contributed by atoms with Crippen molar-refractivity contribution in [3.05, 3.63) is 29.6 Å². The standard InChI is InChI=1S/C14H20FNO/c15-13-5-6-14(17)12(10-13)4-3-11-2-1-8-16-9-7-11/h5-6,10-11,16-17H,1-4,7-9H2. The van der Waals surface area contributed by atoms with Gasteiger partial charge in [-0.2, -0.15) is 0 Å². The SMILES string of the molecule is Oc1ccc(F)cc1CCC1CCCNCC1. The molecule has 1 aromatic rings. The molecule has 17 heavy (non-hydrogen) atoms. The maximum atomic E-state index is 13.1. The second-order valence-electron chi connectivity index (χ2n) is 4.86. The molecule has 0 bridgehead atoms. The van der Waals surface area contributed by atoms with Crippen LogP contribution in [-0.4, -0.2) is 18.2 Å². The van der Waals surface area contributed by atoms with Gasteiger partial charge in [0.05, 0.1) is 0 Å². The number of hydrogen-bond donors (Lipinski definition) is 2. The van der Waals surface area contributed by atoms with Crippen molar-refractivity contribution >= 4 is 0 Å². The van der Waals surface area contributed by atoms with Gasteiger partial charge < -0.3 is 10.4 Å². The molecule has 1 aliphatic rings. The van der Waals surface area contributed by atoms with Crippen LogP contribution in [0, 0.1) is 11.7 Å². The van der Waals surface area contributed by atoms with Crippen LogP contribution < -0.4 is 5.32 Å². The molecule has 0 aliphatic carbocycles. The fourth-order valence-electron chi connectivity index (χ4n) is 2.49. The van der Waals surface area contributed by atoms with E-state index < -0.39 is 0 Å². The highest BCUT2D eigenvalue weighted by atomic mass is 19.1. The number of rotatable bonds is 3. The topological polar surface area (TPSA) is 32.3 Å². The van der Waals surface area contributed by atoms with Gasteiger partial charge >= 0.3 is 0 Å². The lowest BCUT2D eigenvalue weighted by atomic mass is 9.93. The Hall–Kier alpha value is -1.09. The lowest BCUT2D eigenvalue weighted by Crippen LogP contribution is -2.14. The number of benzene rings is 1. The molecule has 1 unspecified atom stereocenters. The van der Waals surface area contributed by atoms with Gasteiger partial charge in [0.2, 0.25) is 0 Å². The summed E-state index contributed by atoms with van der Waals surface area (Å²) in [4.78, 5) is 0. The number of halogens is 1. The van der Waals surface area contributed by atoms with E-state index in [1.54, 1.807) is 0 Å². The summed E-state index contributed by atoms with van der Waals surface area (Å²) in [6, 6.07) is 4.19. The van der Waals surface area contributed by atoms with E-state index in [2.05, 4.69) is 5.32 Å². The van der Waals surface area contributed by atoms with Gasteiger partial charge in [-0.25, -0.2) is 4.39 Å². The van der Waals surface area contributed by atoms with Crippen LogP contribution in [0.5, 0.6) is 5.75 Å². The highest BCUT2D eigenvalue weighted by Crippen LogP contribution is 2.24. The molecule has 1 heterocycles. The third-order valence-electron chi connectivity index (χ3n) is 3.56. The van der Waals surface area contributed by atoms with E-state index in [1.807, 2.05) is 0 Å². The summed E-state index contributed by atoms with van der Waals surface area (Å²) < 4.78 is 13.1. The molecule has 2 rings (SSSR count). The lowest BCUT2D eigenvalue weighted by Gasteiger charge is -2.13. The molecule has 2 nitrogen and oxygen atoms in total. The van der Waals surface area contributed by atoms with Gasteiger partial charge in [-0.05, 0) is 74.9 Å². The third-order valence-corrected chi connectivity index (χ3v) is 3.56. The van der Waals surface area contributed by atoms with Crippen LogP contribution in [0.15, 0.2) is 18.2 Å². The van der Waals surface area contributed by atoms with E-state index in [-0.39, 0.29) is 11.6 Å². The zero-order valence-electron chi connectivity index (χ0n) is 10.1. The molecule has 1 saturated heterocycles. The van der Waals surface area contributed by atoms with E-state index in [0.29, 0.717) is 5.92 Å². The van der Waals surface area contributed by atoms with Crippen LogP contribution >= 0.6 is 0 Å². The molecule has 1 aliphatic heterocycles. The first-order valence-electron chi connectivity index (χ1n) is 6.44. The van der Waals surface area contributed by atoms with Crippen LogP contribution in [0.25, 0.3) is 0 Å². The average Bonchev–Trinajstić information content (AvgIpc) is 2.59. The van der Waals surface area contributed by atoms with E-state index >= 15 is 0 Å². The first kappa shape index (κ1) is 12.4. The monoisotopic (exact) mass is 237 g/mol. The Morgan fingerprint density at radius 1 is 1.29 bits per heavy atom. The average molecular weight is 237 g/mol. The number of phenolic OH excluding ortho intramolecular Hbond substituents is 1. The van der Waals surface area contributed by atoms with Crippen LogP contribution in [0.2, 0.25) is 0 Å². The third kappa shape index (κ3) is 3.70. The maximum Gasteiger partial charge on any atom is 0.123 e. The van der Waals surface area contributed by atoms with Crippen molar-refractivity contribution in [1.29, 1.82) is 0 Å². The molecule has 1 fully saturated rings. The molecule has 94 valence electrons. The van der Waals surface area contributed by atoms with Crippen molar-refractivity contribution in [3.63, 3.8) is 0 Å².